The van der Waals surface area contributed by atoms with E-state index in [2.05, 4.69) is 0 Å². The van der Waals surface area contributed by atoms with Crippen LogP contribution in [0.3, 0.4) is 0 Å². The number of hydrogen-bond donors (Lipinski definition) is 2. The third kappa shape index (κ3) is 6.84. The lowest BCUT2D eigenvalue weighted by Crippen LogP contribution is -2.23. The number of benzene rings is 3. The Bertz CT molecular complexity index is 1700. The van der Waals surface area contributed by atoms with Gasteiger partial charge in [-0.3, -0.25) is 9.11 Å². The first-order chi connectivity index (χ1) is 18.4. The van der Waals surface area contributed by atoms with E-state index in [4.69, 9.17) is 9.47 Å². The molecule has 3 aromatic carbocycles. The maximum atomic E-state index is 13.5. The van der Waals surface area contributed by atoms with Gasteiger partial charge in [-0.25, -0.2) is 8.42 Å². The number of hydrogen-bond acceptors (Lipinski definition) is 8. The van der Waals surface area contributed by atoms with Crippen molar-refractivity contribution in [1.29, 1.82) is 0 Å². The maximum Gasteiger partial charge on any atom is 0.298 e. The van der Waals surface area contributed by atoms with Gasteiger partial charge < -0.3 is 9.47 Å². The first kappa shape index (κ1) is 31.6. The molecule has 2 N–H and O–H groups in total. The third-order valence-electron chi connectivity index (χ3n) is 6.68. The first-order valence-electron chi connectivity index (χ1n) is 12.4. The summed E-state index contributed by atoms with van der Waals surface area (Å²) in [4.78, 5) is -2.41. The molecule has 0 aliphatic carbocycles. The second-order valence-electron chi connectivity index (χ2n) is 9.73. The van der Waals surface area contributed by atoms with Crippen LogP contribution in [0.1, 0.15) is 53.0 Å². The molecule has 0 spiro atoms. The maximum absolute atomic E-state index is 13.5. The molecule has 3 rings (SSSR count). The second kappa shape index (κ2) is 11.5. The summed E-state index contributed by atoms with van der Waals surface area (Å²) in [7, 11) is -14.3. The van der Waals surface area contributed by atoms with Crippen LogP contribution in [0.15, 0.2) is 80.2 Å². The summed E-state index contributed by atoms with van der Waals surface area (Å²) in [5, 5.41) is 0. The molecular formula is C27H32O10S3. The van der Waals surface area contributed by atoms with E-state index < -0.39 is 55.1 Å². The average Bonchev–Trinajstić information content (AvgIpc) is 2.87. The van der Waals surface area contributed by atoms with Gasteiger partial charge in [-0.05, 0) is 92.3 Å². The van der Waals surface area contributed by atoms with E-state index in [0.717, 1.165) is 24.3 Å². The van der Waals surface area contributed by atoms with Gasteiger partial charge in [-0.1, -0.05) is 26.8 Å². The molecular weight excluding hydrogens is 580 g/mol. The summed E-state index contributed by atoms with van der Waals surface area (Å²) in [6, 6.07) is 12.4. The quantitative estimate of drug-likeness (QED) is 0.258. The average molecular weight is 613 g/mol. The summed E-state index contributed by atoms with van der Waals surface area (Å²) >= 11 is 0. The van der Waals surface area contributed by atoms with Gasteiger partial charge in [0.1, 0.15) is 22.1 Å². The highest BCUT2D eigenvalue weighted by atomic mass is 32.2. The van der Waals surface area contributed by atoms with Crippen molar-refractivity contribution in [1.82, 2.24) is 0 Å². The van der Waals surface area contributed by atoms with Crippen molar-refractivity contribution < 1.29 is 43.8 Å². The van der Waals surface area contributed by atoms with Crippen molar-refractivity contribution in [3.8, 4) is 17.2 Å². The van der Waals surface area contributed by atoms with Crippen LogP contribution >= 0.6 is 0 Å². The molecule has 0 radical (unpaired) electrons. The Hall–Kier alpha value is -2.97. The molecule has 3 aromatic rings. The van der Waals surface area contributed by atoms with Crippen LogP contribution in [0.4, 0.5) is 0 Å². The smallest absolute Gasteiger partial charge is 0.298 e. The predicted octanol–water partition coefficient (Wildman–Crippen LogP) is 5.67. The van der Waals surface area contributed by atoms with E-state index >= 15 is 0 Å². The highest BCUT2D eigenvalue weighted by Crippen LogP contribution is 2.38. The Morgan fingerprint density at radius 1 is 0.725 bits per heavy atom. The Labute approximate surface area is 235 Å². The van der Waals surface area contributed by atoms with Gasteiger partial charge in [0.25, 0.3) is 20.2 Å². The molecule has 13 heteroatoms. The van der Waals surface area contributed by atoms with E-state index in [1.807, 2.05) is 27.7 Å². The lowest BCUT2D eigenvalue weighted by Gasteiger charge is -2.29. The molecule has 0 amide bonds. The lowest BCUT2D eigenvalue weighted by molar-refractivity contribution is 0.242. The second-order valence-corrected chi connectivity index (χ2v) is 14.5. The van der Waals surface area contributed by atoms with E-state index in [1.54, 1.807) is 19.1 Å². The molecule has 0 bridgehead atoms. The van der Waals surface area contributed by atoms with Crippen molar-refractivity contribution in [3.05, 3.63) is 66.2 Å². The SMILES string of the molecule is CCC(C)(CC)c1ccc(S(=O)(=O)c2ccc(Oc3ccc(OC(C)C)cc3)c(S(=O)(=O)O)c2)cc1S(=O)(=O)O. The van der Waals surface area contributed by atoms with Crippen LogP contribution in [0.25, 0.3) is 0 Å². The highest BCUT2D eigenvalue weighted by molar-refractivity contribution is 7.91. The largest absolute Gasteiger partial charge is 0.491 e. The Balaban J connectivity index is 2.10. The minimum Gasteiger partial charge on any atom is -0.491 e. The molecule has 0 unspecified atom stereocenters. The van der Waals surface area contributed by atoms with Gasteiger partial charge in [-0.2, -0.15) is 16.8 Å². The van der Waals surface area contributed by atoms with Crippen LogP contribution in [-0.2, 0) is 35.5 Å². The van der Waals surface area contributed by atoms with Crippen molar-refractivity contribution in [2.45, 2.75) is 78.6 Å². The molecule has 0 aromatic heterocycles. The molecule has 0 saturated heterocycles. The van der Waals surface area contributed by atoms with Gasteiger partial charge in [0, 0.05) is 0 Å². The standard InChI is InChI=1S/C27H32O10S3/c1-6-27(5,7-2)23-14-12-21(16-25(23)39(30,31)32)38(28,29)22-13-15-24(26(17-22)40(33,34)35)37-20-10-8-19(9-11-20)36-18(3)4/h8-18H,6-7H2,1-5H3,(H,30,31,32)(H,33,34,35). The Morgan fingerprint density at radius 2 is 1.20 bits per heavy atom. The van der Waals surface area contributed by atoms with Gasteiger partial charge in [0.15, 0.2) is 0 Å². The Morgan fingerprint density at radius 3 is 1.68 bits per heavy atom. The minimum absolute atomic E-state index is 0.0695. The summed E-state index contributed by atoms with van der Waals surface area (Å²) in [5.41, 5.74) is -0.407. The molecule has 0 aliphatic rings. The van der Waals surface area contributed by atoms with E-state index in [1.165, 1.54) is 24.3 Å². The Kier molecular flexibility index (Phi) is 9.06. The first-order valence-corrected chi connectivity index (χ1v) is 16.7. The van der Waals surface area contributed by atoms with Crippen molar-refractivity contribution in [2.24, 2.45) is 0 Å². The zero-order valence-electron chi connectivity index (χ0n) is 22.7. The summed E-state index contributed by atoms with van der Waals surface area (Å²) < 4.78 is 107. The summed E-state index contributed by atoms with van der Waals surface area (Å²) in [6.07, 6.45) is 0.968. The zero-order valence-corrected chi connectivity index (χ0v) is 25.1. The molecule has 0 saturated carbocycles. The fourth-order valence-corrected chi connectivity index (χ4v) is 7.05. The van der Waals surface area contributed by atoms with Crippen molar-refractivity contribution >= 4 is 30.1 Å². The third-order valence-corrected chi connectivity index (χ3v) is 10.2. The van der Waals surface area contributed by atoms with Gasteiger partial charge >= 0.3 is 0 Å². The van der Waals surface area contributed by atoms with Crippen LogP contribution < -0.4 is 9.47 Å². The van der Waals surface area contributed by atoms with Gasteiger partial charge in [-0.15, -0.1) is 0 Å². The fourth-order valence-electron chi connectivity index (χ4n) is 4.08. The molecule has 0 heterocycles. The zero-order chi connectivity index (χ0) is 30.1. The molecule has 0 aliphatic heterocycles. The number of sulfone groups is 1. The molecule has 10 nitrogen and oxygen atoms in total. The van der Waals surface area contributed by atoms with Crippen molar-refractivity contribution in [2.75, 3.05) is 0 Å². The van der Waals surface area contributed by atoms with Gasteiger partial charge in [0.05, 0.1) is 20.8 Å². The predicted molar refractivity (Wildman–Crippen MR) is 148 cm³/mol. The topological polar surface area (TPSA) is 161 Å². The normalized spacial score (nSPS) is 12.9. The fraction of sp³-hybridized carbons (Fsp3) is 0.333. The van der Waals surface area contributed by atoms with Gasteiger partial charge in [0.2, 0.25) is 9.84 Å². The van der Waals surface area contributed by atoms with Crippen LogP contribution in [-0.4, -0.2) is 40.5 Å². The van der Waals surface area contributed by atoms with E-state index in [9.17, 15) is 34.4 Å². The minimum atomic E-state index is -4.96. The summed E-state index contributed by atoms with van der Waals surface area (Å²) in [6.45, 7) is 9.19. The summed E-state index contributed by atoms with van der Waals surface area (Å²) in [5.74, 6) is 0.404. The molecule has 0 atom stereocenters. The molecule has 218 valence electrons. The lowest BCUT2D eigenvalue weighted by atomic mass is 9.78. The van der Waals surface area contributed by atoms with E-state index in [0.29, 0.717) is 18.6 Å². The highest BCUT2D eigenvalue weighted by Gasteiger charge is 2.32. The van der Waals surface area contributed by atoms with Crippen LogP contribution in [0, 0.1) is 0 Å². The van der Waals surface area contributed by atoms with Crippen molar-refractivity contribution in [3.63, 3.8) is 0 Å². The number of ether oxygens (including phenoxy) is 2. The molecule has 0 fully saturated rings. The van der Waals surface area contributed by atoms with Crippen LogP contribution in [0.2, 0.25) is 0 Å². The van der Waals surface area contributed by atoms with Crippen LogP contribution in [0.5, 0.6) is 17.2 Å². The monoisotopic (exact) mass is 612 g/mol. The number of rotatable bonds is 11. The molecule has 40 heavy (non-hydrogen) atoms. The van der Waals surface area contributed by atoms with E-state index in [-0.39, 0.29) is 23.2 Å².